The Hall–Kier alpha value is -2.18. The number of hydrogen-bond acceptors (Lipinski definition) is 2. The Kier molecular flexibility index (Phi) is 14.0. The van der Waals surface area contributed by atoms with Crippen molar-refractivity contribution in [2.45, 2.75) is 0 Å². The van der Waals surface area contributed by atoms with Crippen LogP contribution in [0.1, 0.15) is 0 Å². The summed E-state index contributed by atoms with van der Waals surface area (Å²) >= 11 is 0. The van der Waals surface area contributed by atoms with E-state index < -0.39 is 0 Å². The van der Waals surface area contributed by atoms with Gasteiger partial charge in [-0.05, 0) is 17.4 Å². The third-order valence-corrected chi connectivity index (χ3v) is 2.76. The van der Waals surface area contributed by atoms with Crippen molar-refractivity contribution in [2.24, 2.45) is 9.98 Å². The first kappa shape index (κ1) is 22.8. The summed E-state index contributed by atoms with van der Waals surface area (Å²) in [5.41, 5.74) is 1.77. The quantitative estimate of drug-likeness (QED) is 0.218. The van der Waals surface area contributed by atoms with Gasteiger partial charge < -0.3 is 0 Å². The summed E-state index contributed by atoms with van der Waals surface area (Å²) in [5, 5.41) is 0. The number of rotatable bonds is 2. The topological polar surface area (TPSA) is 24.7 Å². The summed E-state index contributed by atoms with van der Waals surface area (Å²) in [7, 11) is 0. The van der Waals surface area contributed by atoms with Crippen LogP contribution in [0.4, 0.5) is 11.4 Å². The molecule has 4 aromatic rings. The standard InChI is InChI=1S/C11H8N2.2C5H5.2Fe/c1-2-6-10(5-1)12-9-13-11-7-3-4-8-11;2*1-2-4-5-3-1;;/h1-8H;2*1-5H;;/q-2;2*-1;2*+2. The summed E-state index contributed by atoms with van der Waals surface area (Å²) in [6.45, 7) is 0. The second-order valence-corrected chi connectivity index (χ2v) is 4.53. The van der Waals surface area contributed by atoms with E-state index in [-0.39, 0.29) is 34.1 Å². The molecular weight excluding hydrogens is 392 g/mol. The van der Waals surface area contributed by atoms with Crippen LogP contribution in [-0.4, -0.2) is 6.01 Å². The molecule has 0 saturated heterocycles. The van der Waals surface area contributed by atoms with Crippen molar-refractivity contribution in [3.05, 3.63) is 109 Å². The van der Waals surface area contributed by atoms with E-state index >= 15 is 0 Å². The van der Waals surface area contributed by atoms with Gasteiger partial charge in [0.25, 0.3) is 0 Å². The molecule has 0 fully saturated rings. The molecule has 0 radical (unpaired) electrons. The Morgan fingerprint density at radius 3 is 1.08 bits per heavy atom. The van der Waals surface area contributed by atoms with Crippen LogP contribution in [0.2, 0.25) is 0 Å². The average Bonchev–Trinajstić information content (AvgIpc) is 3.39. The average molecular weight is 410 g/mol. The third-order valence-electron chi connectivity index (χ3n) is 2.76. The van der Waals surface area contributed by atoms with Crippen molar-refractivity contribution in [3.63, 3.8) is 0 Å². The van der Waals surface area contributed by atoms with Gasteiger partial charge in [-0.2, -0.15) is 60.7 Å². The molecule has 0 aromatic heterocycles. The molecule has 0 amide bonds. The Labute approximate surface area is 170 Å². The van der Waals surface area contributed by atoms with Crippen LogP contribution in [0.15, 0.2) is 119 Å². The fourth-order valence-corrected chi connectivity index (χ4v) is 1.66. The second-order valence-electron chi connectivity index (χ2n) is 4.53. The van der Waals surface area contributed by atoms with E-state index in [0.29, 0.717) is 0 Å². The summed E-state index contributed by atoms with van der Waals surface area (Å²) in [4.78, 5) is 8.05. The Morgan fingerprint density at radius 2 is 0.840 bits per heavy atom. The van der Waals surface area contributed by atoms with Crippen molar-refractivity contribution < 1.29 is 34.1 Å². The van der Waals surface area contributed by atoms with Crippen LogP contribution in [0, 0.1) is 0 Å². The van der Waals surface area contributed by atoms with Crippen LogP contribution in [-0.2, 0) is 34.1 Å². The Morgan fingerprint density at radius 1 is 0.520 bits per heavy atom. The summed E-state index contributed by atoms with van der Waals surface area (Å²) < 4.78 is 0. The number of hydrogen-bond donors (Lipinski definition) is 0. The van der Waals surface area contributed by atoms with Crippen LogP contribution in [0.25, 0.3) is 0 Å². The maximum atomic E-state index is 4.02. The molecule has 0 bridgehead atoms. The molecule has 0 atom stereocenters. The molecule has 0 aliphatic carbocycles. The van der Waals surface area contributed by atoms with Gasteiger partial charge in [0.15, 0.2) is 0 Å². The van der Waals surface area contributed by atoms with E-state index in [1.54, 1.807) is 0 Å². The summed E-state index contributed by atoms with van der Waals surface area (Å²) in [6, 6.07) is 38.0. The minimum atomic E-state index is 0. The SMILES string of the molecule is C(=N[c-]1cccc1)=N[c-]1cccc1.[Fe+2].[Fe+2].c1cc[cH-]c1.c1cc[cH-]c1. The van der Waals surface area contributed by atoms with Crippen molar-refractivity contribution in [3.8, 4) is 0 Å². The largest absolute Gasteiger partial charge is 2.00 e. The molecule has 0 unspecified atom stereocenters. The van der Waals surface area contributed by atoms with Crippen molar-refractivity contribution in [1.29, 1.82) is 0 Å². The fraction of sp³-hybridized carbons (Fsp3) is 0. The Bertz CT molecular complexity index is 645. The van der Waals surface area contributed by atoms with E-state index in [2.05, 4.69) is 16.0 Å². The zero-order valence-electron chi connectivity index (χ0n) is 13.5. The third kappa shape index (κ3) is 11.1. The van der Waals surface area contributed by atoms with Crippen molar-refractivity contribution >= 4 is 17.4 Å². The molecule has 4 aromatic carbocycles. The van der Waals surface area contributed by atoms with E-state index in [1.165, 1.54) is 0 Å². The fourth-order valence-electron chi connectivity index (χ4n) is 1.66. The molecule has 25 heavy (non-hydrogen) atoms. The Balaban J connectivity index is 0.000000400. The first-order chi connectivity index (χ1) is 11.4. The molecule has 0 aliphatic rings. The molecule has 2 nitrogen and oxygen atoms in total. The minimum Gasteiger partial charge on any atom is -0.294 e. The zero-order valence-corrected chi connectivity index (χ0v) is 15.7. The first-order valence-electron chi connectivity index (χ1n) is 7.38. The van der Waals surface area contributed by atoms with E-state index in [1.807, 2.05) is 109 Å². The van der Waals surface area contributed by atoms with Gasteiger partial charge in [-0.15, -0.1) is 24.3 Å². The van der Waals surface area contributed by atoms with Gasteiger partial charge in [-0.1, -0.05) is 0 Å². The maximum Gasteiger partial charge on any atom is 2.00 e. The van der Waals surface area contributed by atoms with Gasteiger partial charge in [0, 0.05) is 0 Å². The number of nitrogens with zero attached hydrogens (tertiary/aromatic N) is 2. The normalized spacial score (nSPS) is 8.00. The maximum absolute atomic E-state index is 4.02. The minimum absolute atomic E-state index is 0. The first-order valence-corrected chi connectivity index (χ1v) is 7.38. The van der Waals surface area contributed by atoms with Crippen molar-refractivity contribution in [2.75, 3.05) is 0 Å². The summed E-state index contributed by atoms with van der Waals surface area (Å²) in [5.74, 6) is 0. The van der Waals surface area contributed by atoms with E-state index in [0.717, 1.165) is 11.4 Å². The molecule has 0 heterocycles. The van der Waals surface area contributed by atoms with Crippen LogP contribution in [0.5, 0.6) is 0 Å². The number of aliphatic imine (C=N–C) groups is 2. The van der Waals surface area contributed by atoms with Gasteiger partial charge in [-0.25, -0.2) is 24.3 Å². The molecule has 4 heteroatoms. The van der Waals surface area contributed by atoms with Gasteiger partial charge >= 0.3 is 34.1 Å². The van der Waals surface area contributed by atoms with Gasteiger partial charge in [0.1, 0.15) is 0 Å². The molecule has 0 N–H and O–H groups in total. The molecule has 0 spiro atoms. The van der Waals surface area contributed by atoms with E-state index in [4.69, 9.17) is 0 Å². The smallest absolute Gasteiger partial charge is 0.294 e. The zero-order chi connectivity index (χ0) is 16.0. The van der Waals surface area contributed by atoms with Gasteiger partial charge in [-0.3, -0.25) is 9.98 Å². The van der Waals surface area contributed by atoms with E-state index in [9.17, 15) is 0 Å². The van der Waals surface area contributed by atoms with Crippen LogP contribution < -0.4 is 0 Å². The monoisotopic (exact) mass is 410 g/mol. The van der Waals surface area contributed by atoms with Crippen LogP contribution >= 0.6 is 0 Å². The predicted molar refractivity (Wildman–Crippen MR) is 97.3 cm³/mol. The molecular formula is C21H18Fe2N2. The molecule has 128 valence electrons. The van der Waals surface area contributed by atoms with Crippen molar-refractivity contribution in [1.82, 2.24) is 0 Å². The molecule has 4 rings (SSSR count). The predicted octanol–water partition coefficient (Wildman–Crippen LogP) is 6.07. The van der Waals surface area contributed by atoms with Gasteiger partial charge in [0.2, 0.25) is 0 Å². The summed E-state index contributed by atoms with van der Waals surface area (Å²) in [6.07, 6.45) is 0. The molecule has 0 aliphatic heterocycles. The molecule has 0 saturated carbocycles. The van der Waals surface area contributed by atoms with Crippen LogP contribution in [0.3, 0.4) is 0 Å². The second kappa shape index (κ2) is 15.4. The van der Waals surface area contributed by atoms with Gasteiger partial charge in [0.05, 0.1) is 0 Å².